The fourth-order valence-electron chi connectivity index (χ4n) is 4.23. The van der Waals surface area contributed by atoms with Crippen molar-refractivity contribution in [3.05, 3.63) is 18.0 Å². The van der Waals surface area contributed by atoms with Gasteiger partial charge < -0.3 is 9.64 Å². The lowest BCUT2D eigenvalue weighted by molar-refractivity contribution is -0.138. The molecule has 1 atom stereocenters. The summed E-state index contributed by atoms with van der Waals surface area (Å²) < 4.78 is 7.47. The molecular formula is C17H26N4O2. The molecule has 2 saturated heterocycles. The molecule has 1 amide bonds. The Balaban J connectivity index is 1.31. The van der Waals surface area contributed by atoms with E-state index in [9.17, 15) is 4.79 Å². The third kappa shape index (κ3) is 3.15. The van der Waals surface area contributed by atoms with Crippen LogP contribution in [-0.4, -0.2) is 70.9 Å². The molecule has 0 N–H and O–H groups in total. The van der Waals surface area contributed by atoms with Gasteiger partial charge in [-0.2, -0.15) is 5.10 Å². The normalized spacial score (nSPS) is 27.0. The summed E-state index contributed by atoms with van der Waals surface area (Å²) in [6, 6.07) is 2.68. The topological polar surface area (TPSA) is 50.6 Å². The molecule has 0 spiro atoms. The molecule has 0 saturated carbocycles. The molecule has 1 aromatic heterocycles. The first-order valence-corrected chi connectivity index (χ1v) is 8.92. The lowest BCUT2D eigenvalue weighted by Gasteiger charge is -2.41. The van der Waals surface area contributed by atoms with Crippen molar-refractivity contribution in [3.63, 3.8) is 0 Å². The molecule has 6 heteroatoms. The number of likely N-dealkylation sites (tertiary alicyclic amines) is 1. The van der Waals surface area contributed by atoms with Gasteiger partial charge in [0.2, 0.25) is 5.91 Å². The molecule has 23 heavy (non-hydrogen) atoms. The number of amides is 1. The fraction of sp³-hybridized carbons (Fsp3) is 0.765. The van der Waals surface area contributed by atoms with Crippen LogP contribution in [0.25, 0.3) is 0 Å². The Morgan fingerprint density at radius 1 is 1.09 bits per heavy atom. The lowest BCUT2D eigenvalue weighted by Crippen LogP contribution is -2.51. The summed E-state index contributed by atoms with van der Waals surface area (Å²) >= 11 is 0. The number of aromatic nitrogens is 2. The first kappa shape index (κ1) is 15.1. The molecule has 0 aliphatic carbocycles. The molecule has 0 radical (unpaired) electrons. The SMILES string of the molecule is O=C(C1CCn2nccc2C1)N1CCC(N2CCOCC2)CC1. The van der Waals surface area contributed by atoms with Gasteiger partial charge >= 0.3 is 0 Å². The smallest absolute Gasteiger partial charge is 0.226 e. The molecule has 1 unspecified atom stereocenters. The summed E-state index contributed by atoms with van der Waals surface area (Å²) in [5, 5.41) is 4.30. The van der Waals surface area contributed by atoms with Gasteiger partial charge in [0.25, 0.3) is 0 Å². The number of piperidine rings is 1. The largest absolute Gasteiger partial charge is 0.379 e. The van der Waals surface area contributed by atoms with Crippen LogP contribution in [0.5, 0.6) is 0 Å². The third-order valence-electron chi connectivity index (χ3n) is 5.64. The number of ether oxygens (including phenoxy) is 1. The van der Waals surface area contributed by atoms with Crippen LogP contribution in [0, 0.1) is 5.92 Å². The van der Waals surface area contributed by atoms with Crippen molar-refractivity contribution in [2.45, 2.75) is 38.3 Å². The summed E-state index contributed by atoms with van der Waals surface area (Å²) in [7, 11) is 0. The summed E-state index contributed by atoms with van der Waals surface area (Å²) in [5.41, 5.74) is 1.21. The molecular weight excluding hydrogens is 292 g/mol. The number of hydrogen-bond donors (Lipinski definition) is 0. The van der Waals surface area contributed by atoms with Crippen LogP contribution in [0.3, 0.4) is 0 Å². The zero-order valence-corrected chi connectivity index (χ0v) is 13.7. The second kappa shape index (κ2) is 6.61. The van der Waals surface area contributed by atoms with E-state index in [1.165, 1.54) is 5.69 Å². The van der Waals surface area contributed by atoms with Gasteiger partial charge in [0.1, 0.15) is 0 Å². The van der Waals surface area contributed by atoms with Gasteiger partial charge in [0, 0.05) is 63.0 Å². The molecule has 1 aromatic rings. The van der Waals surface area contributed by atoms with Crippen LogP contribution >= 0.6 is 0 Å². The van der Waals surface area contributed by atoms with Crippen LogP contribution in [0.1, 0.15) is 25.0 Å². The Morgan fingerprint density at radius 3 is 2.65 bits per heavy atom. The van der Waals surface area contributed by atoms with E-state index in [1.54, 1.807) is 0 Å². The van der Waals surface area contributed by atoms with E-state index in [1.807, 2.05) is 16.9 Å². The van der Waals surface area contributed by atoms with Crippen molar-refractivity contribution < 1.29 is 9.53 Å². The third-order valence-corrected chi connectivity index (χ3v) is 5.64. The highest BCUT2D eigenvalue weighted by atomic mass is 16.5. The Kier molecular flexibility index (Phi) is 4.35. The van der Waals surface area contributed by atoms with Crippen LogP contribution in [-0.2, 0) is 22.5 Å². The van der Waals surface area contributed by atoms with E-state index in [-0.39, 0.29) is 5.92 Å². The molecule has 4 rings (SSSR count). The zero-order chi connectivity index (χ0) is 15.6. The van der Waals surface area contributed by atoms with Crippen molar-refractivity contribution in [2.24, 2.45) is 5.92 Å². The van der Waals surface area contributed by atoms with E-state index < -0.39 is 0 Å². The average molecular weight is 318 g/mol. The van der Waals surface area contributed by atoms with Crippen LogP contribution in [0.2, 0.25) is 0 Å². The van der Waals surface area contributed by atoms with Crippen molar-refractivity contribution in [2.75, 3.05) is 39.4 Å². The van der Waals surface area contributed by atoms with Crippen molar-refractivity contribution >= 4 is 5.91 Å². The Bertz CT molecular complexity index is 545. The summed E-state index contributed by atoms with van der Waals surface area (Å²) in [6.45, 7) is 6.51. The quantitative estimate of drug-likeness (QED) is 0.808. The number of nitrogens with zero attached hydrogens (tertiary/aromatic N) is 4. The fourth-order valence-corrected chi connectivity index (χ4v) is 4.23. The van der Waals surface area contributed by atoms with Gasteiger partial charge in [-0.15, -0.1) is 0 Å². The van der Waals surface area contributed by atoms with Crippen molar-refractivity contribution in [1.29, 1.82) is 0 Å². The van der Waals surface area contributed by atoms with E-state index in [0.717, 1.165) is 71.6 Å². The Hall–Kier alpha value is -1.40. The number of hydrogen-bond acceptors (Lipinski definition) is 4. The van der Waals surface area contributed by atoms with Crippen molar-refractivity contribution in [3.8, 4) is 0 Å². The van der Waals surface area contributed by atoms with Crippen LogP contribution in [0.4, 0.5) is 0 Å². The highest BCUT2D eigenvalue weighted by molar-refractivity contribution is 5.79. The molecule has 4 heterocycles. The molecule has 3 aliphatic rings. The number of aryl methyl sites for hydroxylation is 1. The maximum absolute atomic E-state index is 12.8. The van der Waals surface area contributed by atoms with E-state index in [2.05, 4.69) is 14.9 Å². The lowest BCUT2D eigenvalue weighted by atomic mass is 9.93. The van der Waals surface area contributed by atoms with Crippen molar-refractivity contribution in [1.82, 2.24) is 19.6 Å². The number of rotatable bonds is 2. The Morgan fingerprint density at radius 2 is 1.87 bits per heavy atom. The minimum atomic E-state index is 0.152. The standard InChI is InChI=1S/C17H26N4O2/c22-17(14-2-8-21-16(13-14)1-5-18-21)20-6-3-15(4-7-20)19-9-11-23-12-10-19/h1,5,14-15H,2-4,6-13H2. The van der Waals surface area contributed by atoms with Gasteiger partial charge in [-0.3, -0.25) is 14.4 Å². The van der Waals surface area contributed by atoms with Gasteiger partial charge in [-0.05, 0) is 25.3 Å². The maximum Gasteiger partial charge on any atom is 0.226 e. The minimum Gasteiger partial charge on any atom is -0.379 e. The molecule has 2 fully saturated rings. The molecule has 3 aliphatic heterocycles. The Labute approximate surface area is 137 Å². The summed E-state index contributed by atoms with van der Waals surface area (Å²) in [4.78, 5) is 17.5. The van der Waals surface area contributed by atoms with Crippen LogP contribution < -0.4 is 0 Å². The van der Waals surface area contributed by atoms with Gasteiger partial charge in [0.05, 0.1) is 13.2 Å². The number of morpholine rings is 1. The summed E-state index contributed by atoms with van der Waals surface area (Å²) in [6.07, 6.45) is 5.84. The first-order chi connectivity index (χ1) is 11.3. The van der Waals surface area contributed by atoms with Crippen LogP contribution in [0.15, 0.2) is 12.3 Å². The number of carbonyl (C=O) groups excluding carboxylic acids is 1. The van der Waals surface area contributed by atoms with Gasteiger partial charge in [0.15, 0.2) is 0 Å². The van der Waals surface area contributed by atoms with Gasteiger partial charge in [-0.25, -0.2) is 0 Å². The van der Waals surface area contributed by atoms with E-state index >= 15 is 0 Å². The highest BCUT2D eigenvalue weighted by Gasteiger charge is 2.32. The molecule has 0 bridgehead atoms. The second-order valence-corrected chi connectivity index (χ2v) is 6.94. The maximum atomic E-state index is 12.8. The predicted octanol–water partition coefficient (Wildman–Crippen LogP) is 0.769. The summed E-state index contributed by atoms with van der Waals surface area (Å²) in [5.74, 6) is 0.511. The predicted molar refractivity (Wildman–Crippen MR) is 86.0 cm³/mol. The average Bonchev–Trinajstić information content (AvgIpc) is 3.10. The molecule has 6 nitrogen and oxygen atoms in total. The first-order valence-electron chi connectivity index (χ1n) is 8.92. The number of carbonyl (C=O) groups is 1. The second-order valence-electron chi connectivity index (χ2n) is 6.94. The zero-order valence-electron chi connectivity index (χ0n) is 13.7. The van der Waals surface area contributed by atoms with E-state index in [4.69, 9.17) is 4.74 Å². The van der Waals surface area contributed by atoms with Gasteiger partial charge in [-0.1, -0.05) is 0 Å². The van der Waals surface area contributed by atoms with E-state index in [0.29, 0.717) is 11.9 Å². The highest BCUT2D eigenvalue weighted by Crippen LogP contribution is 2.24. The number of fused-ring (bicyclic) bond motifs is 1. The molecule has 126 valence electrons. The minimum absolute atomic E-state index is 0.152. The monoisotopic (exact) mass is 318 g/mol. The molecule has 0 aromatic carbocycles.